The fourth-order valence-corrected chi connectivity index (χ4v) is 3.23. The highest BCUT2D eigenvalue weighted by atomic mass is 35.5. The molecule has 2 aromatic rings. The Morgan fingerprint density at radius 1 is 1.61 bits per heavy atom. The van der Waals surface area contributed by atoms with Crippen LogP contribution in [0, 0.1) is 0 Å². The van der Waals surface area contributed by atoms with E-state index in [-0.39, 0.29) is 0 Å². The highest BCUT2D eigenvalue weighted by molar-refractivity contribution is 7.21. The van der Waals surface area contributed by atoms with Crippen LogP contribution < -0.4 is 5.73 Å². The smallest absolute Gasteiger partial charge is 0.350 e. The molecule has 0 bridgehead atoms. The molecule has 0 aliphatic heterocycles. The molecule has 0 aromatic carbocycles. The number of esters is 1. The molecule has 0 amide bonds. The van der Waals surface area contributed by atoms with E-state index in [1.807, 2.05) is 0 Å². The lowest BCUT2D eigenvalue weighted by molar-refractivity contribution is 0.0607. The fourth-order valence-electron chi connectivity index (χ4n) is 1.92. The molecule has 1 aliphatic carbocycles. The summed E-state index contributed by atoms with van der Waals surface area (Å²) in [5.74, 6) is 0.0337. The minimum atomic E-state index is -0.431. The summed E-state index contributed by atoms with van der Waals surface area (Å²) in [6.07, 6.45) is 2.26. The van der Waals surface area contributed by atoms with Crippen molar-refractivity contribution in [3.05, 3.63) is 21.7 Å². The first-order valence-electron chi connectivity index (χ1n) is 5.58. The second-order valence-electron chi connectivity index (χ2n) is 4.32. The van der Waals surface area contributed by atoms with Crippen LogP contribution in [0.4, 0.5) is 5.69 Å². The average Bonchev–Trinajstić information content (AvgIpc) is 3.15. The van der Waals surface area contributed by atoms with Crippen LogP contribution in [0.5, 0.6) is 0 Å². The largest absolute Gasteiger partial charge is 0.465 e. The summed E-state index contributed by atoms with van der Waals surface area (Å²) < 4.78 is 4.70. The zero-order valence-corrected chi connectivity index (χ0v) is 11.3. The predicted molar refractivity (Wildman–Crippen MR) is 72.4 cm³/mol. The van der Waals surface area contributed by atoms with Gasteiger partial charge in [0.25, 0.3) is 0 Å². The van der Waals surface area contributed by atoms with Crippen molar-refractivity contribution in [2.75, 3.05) is 12.8 Å². The maximum atomic E-state index is 11.6. The summed E-state index contributed by atoms with van der Waals surface area (Å²) in [4.78, 5) is 17.2. The van der Waals surface area contributed by atoms with E-state index in [9.17, 15) is 4.79 Å². The van der Waals surface area contributed by atoms with Gasteiger partial charge in [-0.1, -0.05) is 11.6 Å². The van der Waals surface area contributed by atoms with E-state index in [0.717, 1.165) is 28.8 Å². The maximum Gasteiger partial charge on any atom is 0.350 e. The second-order valence-corrected chi connectivity index (χ2v) is 5.73. The number of nitrogen functional groups attached to an aromatic ring is 1. The lowest BCUT2D eigenvalue weighted by atomic mass is 10.2. The number of methoxy groups -OCH3 is 1. The summed E-state index contributed by atoms with van der Waals surface area (Å²) >= 11 is 7.46. The van der Waals surface area contributed by atoms with Gasteiger partial charge in [-0.2, -0.15) is 0 Å². The zero-order chi connectivity index (χ0) is 12.9. The van der Waals surface area contributed by atoms with Gasteiger partial charge in [-0.3, -0.25) is 0 Å². The van der Waals surface area contributed by atoms with Crippen molar-refractivity contribution in [2.45, 2.75) is 18.8 Å². The molecule has 0 unspecified atom stereocenters. The van der Waals surface area contributed by atoms with Crippen molar-refractivity contribution in [3.63, 3.8) is 0 Å². The normalized spacial score (nSPS) is 15.0. The number of fused-ring (bicyclic) bond motifs is 1. The third kappa shape index (κ3) is 1.74. The van der Waals surface area contributed by atoms with Crippen LogP contribution in [0.3, 0.4) is 0 Å². The number of halogens is 1. The molecule has 94 valence electrons. The molecule has 0 saturated heterocycles. The van der Waals surface area contributed by atoms with E-state index in [1.54, 1.807) is 6.07 Å². The minimum absolute atomic E-state index is 0.393. The molecule has 6 heteroatoms. The minimum Gasteiger partial charge on any atom is -0.465 e. The van der Waals surface area contributed by atoms with Gasteiger partial charge in [-0.25, -0.2) is 9.78 Å². The Balaban J connectivity index is 2.20. The van der Waals surface area contributed by atoms with Crippen LogP contribution >= 0.6 is 22.9 Å². The predicted octanol–water partition coefficient (Wildman–Crippen LogP) is 3.20. The number of thiophene rings is 1. The van der Waals surface area contributed by atoms with Gasteiger partial charge in [0.05, 0.1) is 23.5 Å². The van der Waals surface area contributed by atoms with Crippen molar-refractivity contribution in [3.8, 4) is 0 Å². The Kier molecular flexibility index (Phi) is 2.68. The van der Waals surface area contributed by atoms with Gasteiger partial charge >= 0.3 is 5.97 Å². The monoisotopic (exact) mass is 282 g/mol. The number of aromatic nitrogens is 1. The van der Waals surface area contributed by atoms with Gasteiger partial charge < -0.3 is 10.5 Å². The first-order valence-corrected chi connectivity index (χ1v) is 6.78. The van der Waals surface area contributed by atoms with E-state index < -0.39 is 5.97 Å². The maximum absolute atomic E-state index is 11.6. The molecule has 3 rings (SSSR count). The molecule has 18 heavy (non-hydrogen) atoms. The molecule has 1 saturated carbocycles. The number of carbonyl (C=O) groups excluding carboxylic acids is 1. The van der Waals surface area contributed by atoms with E-state index in [0.29, 0.717) is 21.5 Å². The molecule has 1 fully saturated rings. The van der Waals surface area contributed by atoms with Gasteiger partial charge in [-0.05, 0) is 18.9 Å². The third-order valence-corrected chi connectivity index (χ3v) is 4.43. The van der Waals surface area contributed by atoms with E-state index in [2.05, 4.69) is 4.98 Å². The van der Waals surface area contributed by atoms with Gasteiger partial charge in [-0.15, -0.1) is 11.3 Å². The van der Waals surface area contributed by atoms with Gasteiger partial charge in [0.2, 0.25) is 0 Å². The molecule has 2 aromatic heterocycles. The first kappa shape index (κ1) is 11.7. The molecular weight excluding hydrogens is 272 g/mol. The number of hydrogen-bond acceptors (Lipinski definition) is 5. The van der Waals surface area contributed by atoms with Gasteiger partial charge in [0.1, 0.15) is 9.71 Å². The standard InChI is InChI=1S/C12H11ClN2O2S/c1-17-12(16)10-8(14)6-4-7(13)9(5-2-3-5)15-11(6)18-10/h4-5H,2-3,14H2,1H3. The number of rotatable bonds is 2. The second kappa shape index (κ2) is 4.10. The number of carbonyl (C=O) groups is 1. The number of ether oxygens (including phenoxy) is 1. The topological polar surface area (TPSA) is 65.2 Å². The first-order chi connectivity index (χ1) is 8.61. The summed E-state index contributed by atoms with van der Waals surface area (Å²) in [5, 5.41) is 1.36. The van der Waals surface area contributed by atoms with E-state index in [1.165, 1.54) is 18.4 Å². The van der Waals surface area contributed by atoms with Crippen LogP contribution in [0.1, 0.15) is 34.1 Å². The Hall–Kier alpha value is -1.33. The quantitative estimate of drug-likeness (QED) is 0.859. The highest BCUT2D eigenvalue weighted by Gasteiger charge is 2.29. The Morgan fingerprint density at radius 2 is 2.33 bits per heavy atom. The summed E-state index contributed by atoms with van der Waals surface area (Å²) in [5.41, 5.74) is 7.26. The van der Waals surface area contributed by atoms with Crippen molar-refractivity contribution in [2.24, 2.45) is 0 Å². The molecule has 1 aliphatic rings. The molecule has 2 heterocycles. The summed E-state index contributed by atoms with van der Waals surface area (Å²) in [6, 6.07) is 1.80. The highest BCUT2D eigenvalue weighted by Crippen LogP contribution is 2.44. The number of nitrogens with two attached hydrogens (primary N) is 1. The Labute approximate surface area is 113 Å². The van der Waals surface area contributed by atoms with Crippen molar-refractivity contribution in [1.82, 2.24) is 4.98 Å². The molecule has 0 spiro atoms. The lowest BCUT2D eigenvalue weighted by Gasteiger charge is -2.01. The van der Waals surface area contributed by atoms with Crippen LogP contribution in [0.25, 0.3) is 10.2 Å². The molecule has 2 N–H and O–H groups in total. The van der Waals surface area contributed by atoms with Crippen LogP contribution in [-0.2, 0) is 4.74 Å². The number of hydrogen-bond donors (Lipinski definition) is 1. The molecule has 0 radical (unpaired) electrons. The van der Waals surface area contributed by atoms with Crippen LogP contribution in [-0.4, -0.2) is 18.1 Å². The fraction of sp³-hybridized carbons (Fsp3) is 0.333. The SMILES string of the molecule is COC(=O)c1sc2nc(C3CC3)c(Cl)cc2c1N. The van der Waals surface area contributed by atoms with Crippen LogP contribution in [0.2, 0.25) is 5.02 Å². The summed E-state index contributed by atoms with van der Waals surface area (Å²) in [7, 11) is 1.34. The van der Waals surface area contributed by atoms with Crippen molar-refractivity contribution < 1.29 is 9.53 Å². The Bertz CT molecular complexity index is 649. The zero-order valence-electron chi connectivity index (χ0n) is 9.70. The van der Waals surface area contributed by atoms with Crippen LogP contribution in [0.15, 0.2) is 6.07 Å². The molecule has 0 atom stereocenters. The number of pyridine rings is 1. The molecular formula is C12H11ClN2O2S. The van der Waals surface area contributed by atoms with Gasteiger partial charge in [0.15, 0.2) is 0 Å². The van der Waals surface area contributed by atoms with Crippen molar-refractivity contribution in [1.29, 1.82) is 0 Å². The van der Waals surface area contributed by atoms with E-state index >= 15 is 0 Å². The van der Waals surface area contributed by atoms with Gasteiger partial charge in [0, 0.05) is 11.3 Å². The molecule has 4 nitrogen and oxygen atoms in total. The van der Waals surface area contributed by atoms with Crippen molar-refractivity contribution >= 4 is 44.8 Å². The number of nitrogens with zero attached hydrogens (tertiary/aromatic N) is 1. The number of anilines is 1. The third-order valence-electron chi connectivity index (χ3n) is 3.04. The lowest BCUT2D eigenvalue weighted by Crippen LogP contribution is -2.01. The average molecular weight is 283 g/mol. The van der Waals surface area contributed by atoms with E-state index in [4.69, 9.17) is 22.1 Å². The summed E-state index contributed by atoms with van der Waals surface area (Å²) in [6.45, 7) is 0. The Morgan fingerprint density at radius 3 is 2.94 bits per heavy atom.